The molecule has 1 aliphatic rings. The first kappa shape index (κ1) is 11.7. The lowest BCUT2D eigenvalue weighted by Crippen LogP contribution is -2.26. The monoisotopic (exact) mass is 281 g/mol. The van der Waals surface area contributed by atoms with E-state index in [1.807, 2.05) is 6.07 Å². The van der Waals surface area contributed by atoms with Gasteiger partial charge in [-0.25, -0.2) is 0 Å². The quantitative estimate of drug-likeness (QED) is 0.841. The molecule has 0 amide bonds. The van der Waals surface area contributed by atoms with Crippen LogP contribution in [0.3, 0.4) is 0 Å². The highest BCUT2D eigenvalue weighted by molar-refractivity contribution is 9.10. The molecule has 2 nitrogen and oxygen atoms in total. The van der Waals surface area contributed by atoms with Gasteiger partial charge in [0.05, 0.1) is 6.10 Å². The highest BCUT2D eigenvalue weighted by atomic mass is 79.9. The smallest absolute Gasteiger partial charge is 0.0772 e. The van der Waals surface area contributed by atoms with E-state index >= 15 is 0 Å². The fourth-order valence-electron chi connectivity index (χ4n) is 1.93. The molecule has 0 aliphatic carbocycles. The number of anilines is 1. The Morgan fingerprint density at radius 1 is 1.38 bits per heavy atom. The van der Waals surface area contributed by atoms with Crippen molar-refractivity contribution in [3.05, 3.63) is 40.4 Å². The summed E-state index contributed by atoms with van der Waals surface area (Å²) in [4.78, 5) is 2.33. The molecule has 3 heteroatoms. The van der Waals surface area contributed by atoms with Crippen molar-refractivity contribution in [2.45, 2.75) is 19.4 Å². The molecule has 0 fully saturated rings. The molecule has 1 heterocycles. The topological polar surface area (TPSA) is 23.5 Å². The van der Waals surface area contributed by atoms with Crippen LogP contribution >= 0.6 is 15.9 Å². The second kappa shape index (κ2) is 5.02. The maximum Gasteiger partial charge on any atom is 0.0772 e. The highest BCUT2D eigenvalue weighted by Gasteiger charge is 2.11. The maximum atomic E-state index is 9.55. The van der Waals surface area contributed by atoms with Crippen LogP contribution in [0.25, 0.3) is 0 Å². The predicted molar refractivity (Wildman–Crippen MR) is 70.7 cm³/mol. The molecule has 0 bridgehead atoms. The van der Waals surface area contributed by atoms with Crippen LogP contribution in [0.2, 0.25) is 0 Å². The van der Waals surface area contributed by atoms with Gasteiger partial charge >= 0.3 is 0 Å². The van der Waals surface area contributed by atoms with Gasteiger partial charge in [-0.05, 0) is 31.0 Å². The molecule has 1 atom stereocenters. The summed E-state index contributed by atoms with van der Waals surface area (Å²) in [6.45, 7) is 3.82. The summed E-state index contributed by atoms with van der Waals surface area (Å²) in [7, 11) is 0. The van der Waals surface area contributed by atoms with Gasteiger partial charge in [0.15, 0.2) is 0 Å². The van der Waals surface area contributed by atoms with Crippen molar-refractivity contribution in [1.29, 1.82) is 0 Å². The number of aliphatic hydroxyl groups excluding tert-OH is 1. The molecule has 0 spiro atoms. The Bertz CT molecular complexity index is 401. The van der Waals surface area contributed by atoms with Crippen LogP contribution in [0.15, 0.2) is 34.8 Å². The number of halogens is 1. The van der Waals surface area contributed by atoms with Crippen LogP contribution < -0.4 is 4.90 Å². The Hall–Kier alpha value is -0.800. The predicted octanol–water partition coefficient (Wildman–Crippen LogP) is 3.27. The van der Waals surface area contributed by atoms with Gasteiger partial charge in [0.1, 0.15) is 0 Å². The van der Waals surface area contributed by atoms with Crippen LogP contribution in [-0.2, 0) is 0 Å². The lowest BCUT2D eigenvalue weighted by Gasteiger charge is -2.26. The van der Waals surface area contributed by atoms with E-state index in [4.69, 9.17) is 0 Å². The molecule has 0 aromatic heterocycles. The number of hydrogen-bond acceptors (Lipinski definition) is 2. The minimum absolute atomic E-state index is 0.426. The first-order valence-corrected chi connectivity index (χ1v) is 6.35. The van der Waals surface area contributed by atoms with Crippen LogP contribution in [0.4, 0.5) is 5.69 Å². The summed E-state index contributed by atoms with van der Waals surface area (Å²) < 4.78 is 0.981. The van der Waals surface area contributed by atoms with Gasteiger partial charge in [0.2, 0.25) is 0 Å². The van der Waals surface area contributed by atoms with Gasteiger partial charge in [-0.1, -0.05) is 34.1 Å². The fourth-order valence-corrected chi connectivity index (χ4v) is 2.63. The molecule has 0 saturated carbocycles. The number of hydrogen-bond donors (Lipinski definition) is 1. The second-order valence-electron chi connectivity index (χ2n) is 4.09. The van der Waals surface area contributed by atoms with E-state index in [-0.39, 0.29) is 0 Å². The summed E-state index contributed by atoms with van der Waals surface area (Å²) in [5.74, 6) is 0. The Balaban J connectivity index is 2.23. The number of benzene rings is 1. The number of aliphatic hydroxyl groups is 1. The lowest BCUT2D eigenvalue weighted by molar-refractivity contribution is 0.198. The Labute approximate surface area is 105 Å². The summed E-state index contributed by atoms with van der Waals surface area (Å²) in [5, 5.41) is 9.55. The van der Waals surface area contributed by atoms with Crippen molar-refractivity contribution in [2.24, 2.45) is 0 Å². The van der Waals surface area contributed by atoms with E-state index in [0.29, 0.717) is 0 Å². The molecule has 0 unspecified atom stereocenters. The fraction of sp³-hybridized carbons (Fsp3) is 0.385. The number of rotatable bonds is 2. The molecule has 1 aliphatic heterocycles. The van der Waals surface area contributed by atoms with E-state index in [1.165, 1.54) is 5.69 Å². The van der Waals surface area contributed by atoms with Gasteiger partial charge < -0.3 is 10.0 Å². The third kappa shape index (κ3) is 2.47. The van der Waals surface area contributed by atoms with Crippen LogP contribution in [-0.4, -0.2) is 18.2 Å². The number of nitrogens with zero attached hydrogens (tertiary/aromatic N) is 1. The van der Waals surface area contributed by atoms with Crippen LogP contribution in [0, 0.1) is 0 Å². The van der Waals surface area contributed by atoms with E-state index in [2.05, 4.69) is 45.1 Å². The molecule has 1 aromatic carbocycles. The zero-order chi connectivity index (χ0) is 11.5. The van der Waals surface area contributed by atoms with E-state index < -0.39 is 6.10 Å². The Kier molecular flexibility index (Phi) is 3.66. The second-order valence-corrected chi connectivity index (χ2v) is 4.94. The van der Waals surface area contributed by atoms with Gasteiger partial charge in [0, 0.05) is 23.2 Å². The van der Waals surface area contributed by atoms with E-state index in [0.717, 1.165) is 29.5 Å². The Morgan fingerprint density at radius 3 is 2.75 bits per heavy atom. The largest absolute Gasteiger partial charge is 0.389 e. The van der Waals surface area contributed by atoms with Crippen LogP contribution in [0.5, 0.6) is 0 Å². The van der Waals surface area contributed by atoms with Crippen molar-refractivity contribution >= 4 is 21.6 Å². The van der Waals surface area contributed by atoms with E-state index in [1.54, 1.807) is 6.92 Å². The Morgan fingerprint density at radius 2 is 2.19 bits per heavy atom. The van der Waals surface area contributed by atoms with Gasteiger partial charge in [-0.3, -0.25) is 0 Å². The van der Waals surface area contributed by atoms with Crippen molar-refractivity contribution in [3.8, 4) is 0 Å². The first-order chi connectivity index (χ1) is 7.68. The molecular weight excluding hydrogens is 266 g/mol. The van der Waals surface area contributed by atoms with Gasteiger partial charge in [0.25, 0.3) is 0 Å². The third-order valence-corrected chi connectivity index (χ3v) is 3.54. The van der Waals surface area contributed by atoms with Crippen molar-refractivity contribution in [1.82, 2.24) is 0 Å². The van der Waals surface area contributed by atoms with Gasteiger partial charge in [-0.15, -0.1) is 0 Å². The molecule has 0 radical (unpaired) electrons. The SMILES string of the molecule is C[C@@H](O)c1ccc(N2CC=CCC2)cc1Br. The minimum Gasteiger partial charge on any atom is -0.389 e. The average Bonchev–Trinajstić information content (AvgIpc) is 2.29. The zero-order valence-electron chi connectivity index (χ0n) is 9.36. The standard InChI is InChI=1S/C13H16BrNO/c1-10(16)12-6-5-11(9-13(12)14)15-7-3-2-4-8-15/h2-3,5-6,9-10,16H,4,7-8H2,1H3/t10-/m1/s1. The minimum atomic E-state index is -0.426. The first-order valence-electron chi connectivity index (χ1n) is 5.56. The summed E-state index contributed by atoms with van der Waals surface area (Å²) in [5.41, 5.74) is 2.15. The lowest BCUT2D eigenvalue weighted by atomic mass is 10.1. The summed E-state index contributed by atoms with van der Waals surface area (Å²) in [6, 6.07) is 6.15. The maximum absolute atomic E-state index is 9.55. The molecule has 16 heavy (non-hydrogen) atoms. The van der Waals surface area contributed by atoms with Crippen molar-refractivity contribution < 1.29 is 5.11 Å². The average molecular weight is 282 g/mol. The molecule has 1 N–H and O–H groups in total. The summed E-state index contributed by atoms with van der Waals surface area (Å²) in [6.07, 6.45) is 5.09. The zero-order valence-corrected chi connectivity index (χ0v) is 10.9. The summed E-state index contributed by atoms with van der Waals surface area (Å²) >= 11 is 3.51. The third-order valence-electron chi connectivity index (χ3n) is 2.86. The molecule has 86 valence electrons. The van der Waals surface area contributed by atoms with Crippen molar-refractivity contribution in [2.75, 3.05) is 18.0 Å². The molecule has 2 rings (SSSR count). The van der Waals surface area contributed by atoms with E-state index in [9.17, 15) is 5.11 Å². The molecular formula is C13H16BrNO. The molecule has 1 aromatic rings. The van der Waals surface area contributed by atoms with Gasteiger partial charge in [-0.2, -0.15) is 0 Å². The highest BCUT2D eigenvalue weighted by Crippen LogP contribution is 2.28. The normalized spacial score (nSPS) is 17.6. The van der Waals surface area contributed by atoms with Crippen molar-refractivity contribution in [3.63, 3.8) is 0 Å². The molecule has 0 saturated heterocycles. The van der Waals surface area contributed by atoms with Crippen LogP contribution in [0.1, 0.15) is 25.0 Å².